The summed E-state index contributed by atoms with van der Waals surface area (Å²) < 4.78 is 41.1. The third kappa shape index (κ3) is 9.05. The number of carbonyl (C=O) groups is 4. The highest BCUT2D eigenvalue weighted by Gasteiger charge is 2.53. The fraction of sp³-hybridized carbons (Fsp3) is 0.600. The van der Waals surface area contributed by atoms with Crippen LogP contribution >= 0.6 is 0 Å². The van der Waals surface area contributed by atoms with Gasteiger partial charge in [-0.05, 0) is 79.2 Å². The van der Waals surface area contributed by atoms with Gasteiger partial charge in [0.15, 0.2) is 11.8 Å². The molecule has 0 aliphatic carbocycles. The van der Waals surface area contributed by atoms with Gasteiger partial charge in [-0.1, -0.05) is 74.4 Å². The van der Waals surface area contributed by atoms with E-state index in [0.29, 0.717) is 19.4 Å². The van der Waals surface area contributed by atoms with Gasteiger partial charge in [0.1, 0.15) is 17.5 Å². The zero-order valence-electron chi connectivity index (χ0n) is 33.1. The van der Waals surface area contributed by atoms with E-state index in [9.17, 15) is 27.6 Å². The molecule has 2 atom stereocenters. The first-order valence-electron chi connectivity index (χ1n) is 18.6. The molecule has 2 aromatic carbocycles. The molecule has 2 N–H and O–H groups in total. The number of anilines is 1. The van der Waals surface area contributed by atoms with Crippen molar-refractivity contribution in [2.75, 3.05) is 32.1 Å². The Morgan fingerprint density at radius 3 is 2.19 bits per heavy atom. The molecule has 0 spiro atoms. The lowest BCUT2D eigenvalue weighted by Crippen LogP contribution is -2.55. The van der Waals surface area contributed by atoms with E-state index in [-0.39, 0.29) is 40.3 Å². The van der Waals surface area contributed by atoms with E-state index < -0.39 is 51.2 Å². The second kappa shape index (κ2) is 16.2. The fourth-order valence-electron chi connectivity index (χ4n) is 6.51. The summed E-state index contributed by atoms with van der Waals surface area (Å²) >= 11 is 0. The number of ketones is 1. The highest BCUT2D eigenvalue weighted by molar-refractivity contribution is 7.89. The minimum atomic E-state index is -4.06. The van der Waals surface area contributed by atoms with E-state index >= 15 is 0 Å². The maximum Gasteiger partial charge on any atom is 0.328 e. The number of Topliss-reactive ketones (excluding diaryl/α,β-unsaturated/α-hetero) is 1. The Hall–Kier alpha value is -3.97. The average Bonchev–Trinajstić information content (AvgIpc) is 3.36. The minimum absolute atomic E-state index is 0.0218. The monoisotopic (exact) mass is 754 g/mol. The predicted octanol–water partition coefficient (Wildman–Crippen LogP) is 6.56. The summed E-state index contributed by atoms with van der Waals surface area (Å²) in [6, 6.07) is 7.14. The molecule has 2 unspecified atom stereocenters. The van der Waals surface area contributed by atoms with Gasteiger partial charge in [0, 0.05) is 24.1 Å². The Bertz CT molecular complexity index is 1790. The molecule has 2 saturated heterocycles. The Balaban J connectivity index is 1.49. The molecule has 2 fully saturated rings. The molecule has 0 saturated carbocycles. The first kappa shape index (κ1) is 41.8. The summed E-state index contributed by atoms with van der Waals surface area (Å²) in [7, 11) is -2.71. The molecule has 4 amide bonds. The Morgan fingerprint density at radius 1 is 0.925 bits per heavy atom. The van der Waals surface area contributed by atoms with Crippen molar-refractivity contribution in [1.82, 2.24) is 14.5 Å². The Labute approximate surface area is 315 Å². The first-order chi connectivity index (χ1) is 24.7. The van der Waals surface area contributed by atoms with E-state index in [1.807, 2.05) is 6.07 Å². The van der Waals surface area contributed by atoms with Gasteiger partial charge in [-0.15, -0.1) is 0 Å². The molecule has 13 heteroatoms. The van der Waals surface area contributed by atoms with Gasteiger partial charge in [0.05, 0.1) is 24.3 Å². The van der Waals surface area contributed by atoms with E-state index in [2.05, 4.69) is 63.7 Å². The number of carbonyl (C=O) groups excluding carboxylic acids is 4. The zero-order valence-corrected chi connectivity index (χ0v) is 33.9. The number of rotatable bonds is 16. The van der Waals surface area contributed by atoms with E-state index in [0.717, 1.165) is 41.9 Å². The number of benzene rings is 2. The number of hydrogen-bond acceptors (Lipinski definition) is 8. The molecule has 12 nitrogen and oxygen atoms in total. The normalized spacial score (nSPS) is 17.4. The van der Waals surface area contributed by atoms with Crippen molar-refractivity contribution >= 4 is 39.3 Å². The highest BCUT2D eigenvalue weighted by atomic mass is 32.2. The van der Waals surface area contributed by atoms with Crippen molar-refractivity contribution in [3.63, 3.8) is 0 Å². The fourth-order valence-corrected chi connectivity index (χ4v) is 7.61. The number of nitrogens with zero attached hydrogens (tertiary/aromatic N) is 2. The summed E-state index contributed by atoms with van der Waals surface area (Å²) in [4.78, 5) is 56.6. The maximum atomic E-state index is 13.9. The van der Waals surface area contributed by atoms with Crippen molar-refractivity contribution in [3.05, 3.63) is 47.5 Å². The van der Waals surface area contributed by atoms with Crippen LogP contribution in [0.15, 0.2) is 41.3 Å². The van der Waals surface area contributed by atoms with Crippen molar-refractivity contribution in [3.8, 4) is 11.5 Å². The number of sulfonamides is 1. The highest BCUT2D eigenvalue weighted by Crippen LogP contribution is 2.39. The number of amides is 4. The molecule has 2 aromatic rings. The number of imide groups is 1. The largest absolute Gasteiger partial charge is 0.495 e. The van der Waals surface area contributed by atoms with E-state index in [4.69, 9.17) is 9.47 Å². The van der Waals surface area contributed by atoms with Crippen molar-refractivity contribution in [2.24, 2.45) is 5.41 Å². The summed E-state index contributed by atoms with van der Waals surface area (Å²) in [5.74, 6) is -1.26. The van der Waals surface area contributed by atoms with Crippen LogP contribution in [0, 0.1) is 5.41 Å². The van der Waals surface area contributed by atoms with E-state index in [1.165, 1.54) is 35.8 Å². The molecular formula is C40H58N4O8S. The van der Waals surface area contributed by atoms with Crippen LogP contribution in [-0.4, -0.2) is 80.7 Å². The van der Waals surface area contributed by atoms with Crippen LogP contribution < -0.4 is 19.5 Å². The van der Waals surface area contributed by atoms with Crippen LogP contribution in [0.4, 0.5) is 10.5 Å². The van der Waals surface area contributed by atoms with Gasteiger partial charge in [0.25, 0.3) is 11.8 Å². The molecule has 2 aliphatic rings. The predicted molar refractivity (Wildman–Crippen MR) is 205 cm³/mol. The maximum absolute atomic E-state index is 13.9. The number of hydrogen-bond donors (Lipinski definition) is 2. The van der Waals surface area contributed by atoms with Gasteiger partial charge >= 0.3 is 6.03 Å². The van der Waals surface area contributed by atoms with Crippen molar-refractivity contribution in [2.45, 2.75) is 129 Å². The lowest BCUT2D eigenvalue weighted by atomic mass is 9.76. The van der Waals surface area contributed by atoms with Crippen LogP contribution in [0.5, 0.6) is 11.5 Å². The Kier molecular flexibility index (Phi) is 12.8. The SMILES string of the molecule is CCC(C)(C)c1ccc(OCCCNS(=O)(=O)c2ccc(OC)c(NC(=O)C(C(=O)C(C)(C)C)N3C(=O)C4CCCCN4C3=O)c2)c(C(C)(C)CC)c1. The topological polar surface area (TPSA) is 151 Å². The number of urea groups is 1. The van der Waals surface area contributed by atoms with Gasteiger partial charge in [0.2, 0.25) is 10.0 Å². The molecule has 53 heavy (non-hydrogen) atoms. The van der Waals surface area contributed by atoms with Crippen LogP contribution in [0.3, 0.4) is 0 Å². The lowest BCUT2D eigenvalue weighted by molar-refractivity contribution is -0.144. The zero-order chi connectivity index (χ0) is 39.5. The number of methoxy groups -OCH3 is 1. The third-order valence-electron chi connectivity index (χ3n) is 10.8. The minimum Gasteiger partial charge on any atom is -0.495 e. The van der Waals surface area contributed by atoms with Gasteiger partial charge < -0.3 is 19.7 Å². The summed E-state index contributed by atoms with van der Waals surface area (Å²) in [5, 5.41) is 2.60. The summed E-state index contributed by atoms with van der Waals surface area (Å²) in [5.41, 5.74) is 1.15. The quantitative estimate of drug-likeness (QED) is 0.111. The standard InChI is InChI=1S/C40H58N4O8S/c1-11-39(6,7)26-17-19-31(28(24-26)40(8,9)12-2)52-23-15-21-41-53(49,50)27-18-20-32(51-10)29(25-27)42-35(46)33(34(45)38(3,4)5)44-36(47)30-16-13-14-22-43(30)37(44)48/h17-20,24-25,30,33,41H,11-16,21-23H2,1-10H3,(H,42,46). The average molecular weight is 755 g/mol. The van der Waals surface area contributed by atoms with E-state index in [1.54, 1.807) is 20.8 Å². The molecule has 0 radical (unpaired) electrons. The van der Waals surface area contributed by atoms with Crippen molar-refractivity contribution in [1.29, 1.82) is 0 Å². The lowest BCUT2D eigenvalue weighted by Gasteiger charge is -2.30. The number of nitrogens with one attached hydrogen (secondary N) is 2. The Morgan fingerprint density at radius 2 is 1.58 bits per heavy atom. The number of piperidine rings is 1. The number of fused-ring (bicyclic) bond motifs is 1. The first-order valence-corrected chi connectivity index (χ1v) is 20.1. The molecule has 2 heterocycles. The molecule has 0 aromatic heterocycles. The van der Waals surface area contributed by atoms with Crippen LogP contribution in [0.25, 0.3) is 0 Å². The smallest absolute Gasteiger partial charge is 0.328 e. The molecular weight excluding hydrogens is 697 g/mol. The molecule has 4 rings (SSSR count). The molecule has 0 bridgehead atoms. The van der Waals surface area contributed by atoms with Gasteiger partial charge in [-0.2, -0.15) is 0 Å². The van der Waals surface area contributed by atoms with Crippen LogP contribution in [0.1, 0.15) is 112 Å². The molecule has 2 aliphatic heterocycles. The van der Waals surface area contributed by atoms with Gasteiger partial charge in [-0.25, -0.2) is 22.8 Å². The van der Waals surface area contributed by atoms with Crippen molar-refractivity contribution < 1.29 is 37.1 Å². The van der Waals surface area contributed by atoms with Crippen LogP contribution in [0.2, 0.25) is 0 Å². The number of ether oxygens (including phenoxy) is 2. The second-order valence-corrected chi connectivity index (χ2v) is 18.1. The summed E-state index contributed by atoms with van der Waals surface area (Å²) in [6.45, 7) is 18.7. The second-order valence-electron chi connectivity index (χ2n) is 16.3. The molecule has 292 valence electrons. The summed E-state index contributed by atoms with van der Waals surface area (Å²) in [6.07, 6.45) is 4.23. The van der Waals surface area contributed by atoms with Crippen LogP contribution in [-0.2, 0) is 35.2 Å². The van der Waals surface area contributed by atoms with Gasteiger partial charge in [-0.3, -0.25) is 14.4 Å². The third-order valence-corrected chi connectivity index (χ3v) is 12.3.